The van der Waals surface area contributed by atoms with E-state index in [1.54, 1.807) is 48.4 Å². The van der Waals surface area contributed by atoms with Crippen LogP contribution in [0.3, 0.4) is 0 Å². The molecule has 0 nitrogen and oxygen atoms in total. The highest BCUT2D eigenvalue weighted by atomic mass is 30.2. The number of rotatable bonds is 8. The molecule has 1 fully saturated rings. The molecule has 0 bridgehead atoms. The van der Waals surface area contributed by atoms with Gasteiger partial charge in [0.25, 0.3) is 0 Å². The van der Waals surface area contributed by atoms with Crippen LogP contribution in [0.25, 0.3) is 0 Å². The molecular weight excluding hydrogens is 305 g/mol. The van der Waals surface area contributed by atoms with E-state index in [0.717, 1.165) is 0 Å². The topological polar surface area (TPSA) is 0 Å². The van der Waals surface area contributed by atoms with Gasteiger partial charge in [-0.15, -0.1) is 0 Å². The largest absolute Gasteiger partial charge is 0.0682 e. The molecule has 1 saturated heterocycles. The van der Waals surface area contributed by atoms with Crippen molar-refractivity contribution in [1.29, 1.82) is 0 Å². The van der Waals surface area contributed by atoms with Crippen molar-refractivity contribution in [3.63, 3.8) is 0 Å². The first-order chi connectivity index (χ1) is 9.49. The summed E-state index contributed by atoms with van der Waals surface area (Å²) in [4.78, 5) is 0. The van der Waals surface area contributed by atoms with Gasteiger partial charge in [-0.2, -0.15) is 0 Å². The molecule has 1 rings (SSSR count). The second kappa shape index (κ2) is 6.55. The molecular formula is C16H40Si4. The van der Waals surface area contributed by atoms with Crippen LogP contribution in [0.4, 0.5) is 0 Å². The zero-order valence-electron chi connectivity index (χ0n) is 15.7. The van der Waals surface area contributed by atoms with Crippen LogP contribution in [0.5, 0.6) is 0 Å². The molecule has 1 heterocycles. The highest BCUT2D eigenvalue weighted by Gasteiger charge is 2.83. The minimum Gasteiger partial charge on any atom is -0.0682 e. The lowest BCUT2D eigenvalue weighted by molar-refractivity contribution is 1.17. The zero-order valence-corrected chi connectivity index (χ0v) is 19.7. The quantitative estimate of drug-likeness (QED) is 0.455. The molecule has 1 aliphatic rings. The summed E-state index contributed by atoms with van der Waals surface area (Å²) >= 11 is 0. The monoisotopic (exact) mass is 344 g/mol. The van der Waals surface area contributed by atoms with Crippen molar-refractivity contribution in [2.75, 3.05) is 0 Å². The maximum Gasteiger partial charge on any atom is 0.0372 e. The van der Waals surface area contributed by atoms with Crippen LogP contribution in [0, 0.1) is 0 Å². The Hall–Kier alpha value is 0.868. The maximum absolute atomic E-state index is 2.62. The normalized spacial score (nSPS) is 25.2. The lowest BCUT2D eigenvalue weighted by Crippen LogP contribution is -3.05. The fraction of sp³-hybridized carbons (Fsp3) is 1.00. The molecule has 20 heavy (non-hydrogen) atoms. The molecule has 0 unspecified atom stereocenters. The molecule has 1 aliphatic heterocycles. The van der Waals surface area contributed by atoms with E-state index in [0.29, 0.717) is 0 Å². The third kappa shape index (κ3) is 1.63. The van der Waals surface area contributed by atoms with E-state index in [4.69, 9.17) is 0 Å². The minimum atomic E-state index is -0.888. The highest BCUT2D eigenvalue weighted by Crippen LogP contribution is 2.63. The van der Waals surface area contributed by atoms with E-state index >= 15 is 0 Å². The first kappa shape index (κ1) is 18.9. The molecule has 0 atom stereocenters. The molecule has 120 valence electrons. The average molecular weight is 345 g/mol. The lowest BCUT2D eigenvalue weighted by atomic mass is 10.9. The predicted octanol–water partition coefficient (Wildman–Crippen LogP) is 6.27. The van der Waals surface area contributed by atoms with Crippen LogP contribution < -0.4 is 0 Å². The van der Waals surface area contributed by atoms with Crippen LogP contribution >= 0.6 is 0 Å². The maximum atomic E-state index is 2.62. The van der Waals surface area contributed by atoms with Crippen molar-refractivity contribution in [2.24, 2.45) is 0 Å². The van der Waals surface area contributed by atoms with Crippen LogP contribution in [-0.4, -0.2) is 28.4 Å². The fourth-order valence-corrected chi connectivity index (χ4v) is 167. The number of hydrogen-bond donors (Lipinski definition) is 0. The second-order valence-corrected chi connectivity index (χ2v) is 50.4. The Labute approximate surface area is 132 Å². The molecule has 0 amide bonds. The van der Waals surface area contributed by atoms with Gasteiger partial charge in [0, 0.05) is 28.4 Å². The molecule has 0 aliphatic carbocycles. The summed E-state index contributed by atoms with van der Waals surface area (Å²) in [6, 6.07) is 13.3. The van der Waals surface area contributed by atoms with Crippen LogP contribution in [-0.2, 0) is 0 Å². The van der Waals surface area contributed by atoms with Crippen molar-refractivity contribution < 1.29 is 0 Å². The first-order valence-corrected chi connectivity index (χ1v) is 23.1. The Kier molecular flexibility index (Phi) is 6.19. The van der Waals surface area contributed by atoms with E-state index in [-0.39, 0.29) is 0 Å². The zero-order chi connectivity index (χ0) is 15.7. The van der Waals surface area contributed by atoms with Gasteiger partial charge in [0.05, 0.1) is 0 Å². The van der Waals surface area contributed by atoms with Gasteiger partial charge in [0.15, 0.2) is 0 Å². The fourth-order valence-electron chi connectivity index (χ4n) is 8.18. The van der Waals surface area contributed by atoms with Gasteiger partial charge in [-0.05, 0) is 0 Å². The van der Waals surface area contributed by atoms with Gasteiger partial charge in [-0.1, -0.05) is 104 Å². The number of hydrogen-bond acceptors (Lipinski definition) is 0. The molecule has 0 saturated carbocycles. The lowest BCUT2D eigenvalue weighted by Gasteiger charge is -2.80. The summed E-state index contributed by atoms with van der Waals surface area (Å²) in [6.45, 7) is 21.0. The summed E-state index contributed by atoms with van der Waals surface area (Å²) < 4.78 is 0. The Morgan fingerprint density at radius 2 is 0.400 bits per heavy atom. The van der Waals surface area contributed by atoms with Crippen molar-refractivity contribution >= 4 is 28.4 Å². The standard InChI is InChI=1S/C16H40Si4/c1-9-17(10-2)18(11-3,12-4)20(15-7,16-8)19(17,13-5)14-6/h9-16H2,1-8H3. The summed E-state index contributed by atoms with van der Waals surface area (Å²) in [6.07, 6.45) is 0. The van der Waals surface area contributed by atoms with Gasteiger partial charge in [0.1, 0.15) is 0 Å². The highest BCUT2D eigenvalue weighted by molar-refractivity contribution is 8.14. The van der Waals surface area contributed by atoms with Crippen molar-refractivity contribution in [3.05, 3.63) is 0 Å². The van der Waals surface area contributed by atoms with Gasteiger partial charge >= 0.3 is 0 Å². The smallest absolute Gasteiger partial charge is 0.0372 e. The van der Waals surface area contributed by atoms with E-state index in [1.165, 1.54) is 0 Å². The van der Waals surface area contributed by atoms with Crippen LogP contribution in [0.15, 0.2) is 0 Å². The van der Waals surface area contributed by atoms with Gasteiger partial charge in [0.2, 0.25) is 0 Å². The molecule has 0 aromatic carbocycles. The Balaban J connectivity index is 3.64. The van der Waals surface area contributed by atoms with E-state index in [2.05, 4.69) is 55.4 Å². The Bertz CT molecular complexity index is 230. The van der Waals surface area contributed by atoms with Crippen molar-refractivity contribution in [1.82, 2.24) is 0 Å². The summed E-state index contributed by atoms with van der Waals surface area (Å²) in [7, 11) is -3.55. The molecule has 4 heteroatoms. The Morgan fingerprint density at radius 1 is 0.300 bits per heavy atom. The van der Waals surface area contributed by atoms with E-state index < -0.39 is 28.4 Å². The molecule has 0 spiro atoms. The van der Waals surface area contributed by atoms with Crippen LogP contribution in [0.2, 0.25) is 48.4 Å². The predicted molar refractivity (Wildman–Crippen MR) is 107 cm³/mol. The van der Waals surface area contributed by atoms with Crippen LogP contribution in [0.1, 0.15) is 55.4 Å². The van der Waals surface area contributed by atoms with E-state index in [1.807, 2.05) is 0 Å². The second-order valence-electron chi connectivity index (χ2n) is 7.16. The third-order valence-corrected chi connectivity index (χ3v) is 108. The molecule has 0 N–H and O–H groups in total. The summed E-state index contributed by atoms with van der Waals surface area (Å²) in [5, 5.41) is 0. The average Bonchev–Trinajstić information content (AvgIpc) is 2.50. The van der Waals surface area contributed by atoms with Gasteiger partial charge in [-0.25, -0.2) is 0 Å². The molecule has 0 aromatic rings. The minimum absolute atomic E-state index is 0.888. The van der Waals surface area contributed by atoms with Gasteiger partial charge in [-0.3, -0.25) is 0 Å². The van der Waals surface area contributed by atoms with Gasteiger partial charge < -0.3 is 0 Å². The van der Waals surface area contributed by atoms with Crippen molar-refractivity contribution in [3.8, 4) is 0 Å². The third-order valence-electron chi connectivity index (χ3n) is 8.49. The summed E-state index contributed by atoms with van der Waals surface area (Å²) in [5.74, 6) is 0. The SMILES string of the molecule is CC[Si]1(CC)[Si](CC)(CC)[Si](CC)(CC)[Si]1(CC)CC. The van der Waals surface area contributed by atoms with Crippen molar-refractivity contribution in [2.45, 2.75) is 104 Å². The molecule has 0 aromatic heterocycles. The van der Waals surface area contributed by atoms with E-state index in [9.17, 15) is 0 Å². The summed E-state index contributed by atoms with van der Waals surface area (Å²) in [5.41, 5.74) is 0. The first-order valence-electron chi connectivity index (χ1n) is 9.49. The Morgan fingerprint density at radius 3 is 0.450 bits per heavy atom. The molecule has 0 radical (unpaired) electrons.